The standard InChI is InChI=1S/C23H26N8/c1-15-13-16(2)31(28-15)22-14-21(25-18(4)26-22)29-9-11-30(12-10-29)23-17(3)24-19-7-5-6-8-20(19)27-23/h5-8,13-14H,9-12H2,1-4H3. The van der Waals surface area contributed by atoms with Gasteiger partial charge in [0.05, 0.1) is 22.4 Å². The zero-order valence-electron chi connectivity index (χ0n) is 18.4. The van der Waals surface area contributed by atoms with Gasteiger partial charge < -0.3 is 9.80 Å². The Labute approximate surface area is 181 Å². The van der Waals surface area contributed by atoms with Gasteiger partial charge in [-0.25, -0.2) is 24.6 Å². The molecule has 4 heterocycles. The molecule has 0 atom stereocenters. The Morgan fingerprint density at radius 2 is 1.35 bits per heavy atom. The summed E-state index contributed by atoms with van der Waals surface area (Å²) in [5.41, 5.74) is 4.89. The van der Waals surface area contributed by atoms with Crippen LogP contribution < -0.4 is 9.80 Å². The van der Waals surface area contributed by atoms with Gasteiger partial charge in [-0.3, -0.25) is 0 Å². The first-order valence-corrected chi connectivity index (χ1v) is 10.6. The van der Waals surface area contributed by atoms with Crippen LogP contribution in [0.3, 0.4) is 0 Å². The molecule has 0 saturated carbocycles. The van der Waals surface area contributed by atoms with Crippen LogP contribution in [0.4, 0.5) is 11.6 Å². The lowest BCUT2D eigenvalue weighted by molar-refractivity contribution is 0.637. The third kappa shape index (κ3) is 3.69. The van der Waals surface area contributed by atoms with E-state index in [1.807, 2.05) is 62.7 Å². The molecular formula is C23H26N8. The van der Waals surface area contributed by atoms with Crippen molar-refractivity contribution < 1.29 is 0 Å². The van der Waals surface area contributed by atoms with E-state index in [4.69, 9.17) is 15.0 Å². The Hall–Kier alpha value is -3.55. The van der Waals surface area contributed by atoms with Gasteiger partial charge in [0, 0.05) is 37.9 Å². The van der Waals surface area contributed by atoms with E-state index in [0.29, 0.717) is 0 Å². The quantitative estimate of drug-likeness (QED) is 0.510. The molecule has 1 fully saturated rings. The van der Waals surface area contributed by atoms with Crippen LogP contribution in [-0.2, 0) is 0 Å². The van der Waals surface area contributed by atoms with Gasteiger partial charge >= 0.3 is 0 Å². The highest BCUT2D eigenvalue weighted by atomic mass is 15.3. The SMILES string of the molecule is Cc1cc(C)n(-c2cc(N3CCN(c4nc5ccccc5nc4C)CC3)nc(C)n2)n1. The number of aryl methyl sites for hydroxylation is 4. The minimum atomic E-state index is 0.749. The van der Waals surface area contributed by atoms with Gasteiger partial charge in [-0.15, -0.1) is 0 Å². The zero-order chi connectivity index (χ0) is 21.5. The van der Waals surface area contributed by atoms with Gasteiger partial charge in [0.2, 0.25) is 0 Å². The van der Waals surface area contributed by atoms with Crippen molar-refractivity contribution in [3.63, 3.8) is 0 Å². The first-order valence-electron chi connectivity index (χ1n) is 10.6. The van der Waals surface area contributed by atoms with Crippen molar-refractivity contribution in [3.05, 3.63) is 59.3 Å². The number of hydrogen-bond donors (Lipinski definition) is 0. The van der Waals surface area contributed by atoms with Crippen LogP contribution in [0.1, 0.15) is 22.9 Å². The van der Waals surface area contributed by atoms with Crippen molar-refractivity contribution in [2.24, 2.45) is 0 Å². The van der Waals surface area contributed by atoms with Crippen molar-refractivity contribution in [1.82, 2.24) is 29.7 Å². The number of anilines is 2. The summed E-state index contributed by atoms with van der Waals surface area (Å²) in [5, 5.41) is 4.58. The van der Waals surface area contributed by atoms with Crippen molar-refractivity contribution in [2.75, 3.05) is 36.0 Å². The Kier molecular flexibility index (Phi) is 4.77. The molecule has 4 aromatic rings. The van der Waals surface area contributed by atoms with Crippen LogP contribution in [0.15, 0.2) is 36.4 Å². The molecule has 0 aliphatic carbocycles. The molecule has 3 aromatic heterocycles. The summed E-state index contributed by atoms with van der Waals surface area (Å²) in [6, 6.07) is 12.1. The van der Waals surface area contributed by atoms with Crippen LogP contribution in [-0.4, -0.2) is 55.9 Å². The third-order valence-electron chi connectivity index (χ3n) is 5.66. The van der Waals surface area contributed by atoms with Crippen molar-refractivity contribution in [1.29, 1.82) is 0 Å². The summed E-state index contributed by atoms with van der Waals surface area (Å²) in [6.45, 7) is 11.5. The number of para-hydroxylation sites is 2. The Morgan fingerprint density at radius 1 is 0.710 bits per heavy atom. The zero-order valence-corrected chi connectivity index (χ0v) is 18.4. The minimum Gasteiger partial charge on any atom is -0.353 e. The van der Waals surface area contributed by atoms with E-state index in [2.05, 4.69) is 25.9 Å². The first kappa shape index (κ1) is 19.4. The maximum atomic E-state index is 4.88. The van der Waals surface area contributed by atoms with Crippen LogP contribution in [0.25, 0.3) is 16.9 Å². The smallest absolute Gasteiger partial charge is 0.159 e. The lowest BCUT2D eigenvalue weighted by Crippen LogP contribution is -2.47. The van der Waals surface area contributed by atoms with Gasteiger partial charge in [0.1, 0.15) is 11.6 Å². The van der Waals surface area contributed by atoms with Crippen LogP contribution in [0, 0.1) is 27.7 Å². The molecule has 0 bridgehead atoms. The molecular weight excluding hydrogens is 388 g/mol. The molecule has 0 N–H and O–H groups in total. The Morgan fingerprint density at radius 3 is 2.03 bits per heavy atom. The Balaban J connectivity index is 1.37. The summed E-state index contributed by atoms with van der Waals surface area (Å²) in [6.07, 6.45) is 0. The number of benzene rings is 1. The Bertz CT molecular complexity index is 1250. The number of rotatable bonds is 3. The average Bonchev–Trinajstić information content (AvgIpc) is 3.11. The van der Waals surface area contributed by atoms with Gasteiger partial charge in [-0.1, -0.05) is 12.1 Å². The molecule has 158 valence electrons. The van der Waals surface area contributed by atoms with E-state index in [1.165, 1.54) is 0 Å². The largest absolute Gasteiger partial charge is 0.353 e. The lowest BCUT2D eigenvalue weighted by Gasteiger charge is -2.36. The van der Waals surface area contributed by atoms with Gasteiger partial charge in [0.15, 0.2) is 11.6 Å². The summed E-state index contributed by atoms with van der Waals surface area (Å²) >= 11 is 0. The van der Waals surface area contributed by atoms with E-state index >= 15 is 0 Å². The molecule has 1 aliphatic heterocycles. The van der Waals surface area contributed by atoms with Crippen molar-refractivity contribution in [3.8, 4) is 5.82 Å². The van der Waals surface area contributed by atoms with E-state index in [-0.39, 0.29) is 0 Å². The van der Waals surface area contributed by atoms with E-state index in [1.54, 1.807) is 0 Å². The number of fused-ring (bicyclic) bond motifs is 1. The summed E-state index contributed by atoms with van der Waals surface area (Å²) in [5.74, 6) is 3.47. The molecule has 0 amide bonds. The number of nitrogens with zero attached hydrogens (tertiary/aromatic N) is 8. The fourth-order valence-corrected chi connectivity index (χ4v) is 4.19. The maximum Gasteiger partial charge on any atom is 0.159 e. The molecule has 8 heteroatoms. The normalized spacial score (nSPS) is 14.5. The highest BCUT2D eigenvalue weighted by molar-refractivity contribution is 5.76. The van der Waals surface area contributed by atoms with Crippen LogP contribution in [0.5, 0.6) is 0 Å². The monoisotopic (exact) mass is 414 g/mol. The van der Waals surface area contributed by atoms with Crippen LogP contribution >= 0.6 is 0 Å². The van der Waals surface area contributed by atoms with Gasteiger partial charge in [0.25, 0.3) is 0 Å². The molecule has 1 aromatic carbocycles. The second kappa shape index (κ2) is 7.61. The van der Waals surface area contributed by atoms with Crippen molar-refractivity contribution in [2.45, 2.75) is 27.7 Å². The number of piperazine rings is 1. The molecule has 0 radical (unpaired) electrons. The summed E-state index contributed by atoms with van der Waals surface area (Å²) < 4.78 is 1.89. The molecule has 0 spiro atoms. The van der Waals surface area contributed by atoms with E-state index < -0.39 is 0 Å². The molecule has 5 rings (SSSR count). The summed E-state index contributed by atoms with van der Waals surface area (Å²) in [7, 11) is 0. The first-order chi connectivity index (χ1) is 15.0. The average molecular weight is 415 g/mol. The fourth-order valence-electron chi connectivity index (χ4n) is 4.19. The number of hydrogen-bond acceptors (Lipinski definition) is 7. The fraction of sp³-hybridized carbons (Fsp3) is 0.348. The second-order valence-corrected chi connectivity index (χ2v) is 8.07. The predicted molar refractivity (Wildman–Crippen MR) is 122 cm³/mol. The minimum absolute atomic E-state index is 0.749. The lowest BCUT2D eigenvalue weighted by atomic mass is 10.2. The summed E-state index contributed by atoms with van der Waals surface area (Å²) in [4.78, 5) is 23.6. The second-order valence-electron chi connectivity index (χ2n) is 8.07. The van der Waals surface area contributed by atoms with E-state index in [0.717, 1.165) is 77.6 Å². The van der Waals surface area contributed by atoms with Crippen molar-refractivity contribution >= 4 is 22.7 Å². The van der Waals surface area contributed by atoms with Gasteiger partial charge in [-0.2, -0.15) is 5.10 Å². The predicted octanol–water partition coefficient (Wildman–Crippen LogP) is 3.17. The molecule has 31 heavy (non-hydrogen) atoms. The highest BCUT2D eigenvalue weighted by Crippen LogP contribution is 2.23. The molecule has 1 aliphatic rings. The molecule has 8 nitrogen and oxygen atoms in total. The third-order valence-corrected chi connectivity index (χ3v) is 5.66. The number of aromatic nitrogens is 6. The topological polar surface area (TPSA) is 75.9 Å². The van der Waals surface area contributed by atoms with E-state index in [9.17, 15) is 0 Å². The molecule has 1 saturated heterocycles. The van der Waals surface area contributed by atoms with Gasteiger partial charge in [-0.05, 0) is 45.9 Å². The highest BCUT2D eigenvalue weighted by Gasteiger charge is 2.22. The molecule has 0 unspecified atom stereocenters. The maximum absolute atomic E-state index is 4.88. The van der Waals surface area contributed by atoms with Crippen LogP contribution in [0.2, 0.25) is 0 Å².